The first-order valence-electron chi connectivity index (χ1n) is 5.96. The van der Waals surface area contributed by atoms with Crippen molar-refractivity contribution >= 4 is 39.6 Å². The molecule has 0 fully saturated rings. The highest BCUT2D eigenvalue weighted by atomic mass is 127. The maximum absolute atomic E-state index is 6.07. The number of fused-ring (bicyclic) bond motifs is 1. The number of rotatable bonds is 4. The second kappa shape index (κ2) is 5.44. The van der Waals surface area contributed by atoms with Gasteiger partial charge in [0.2, 0.25) is 5.95 Å². The van der Waals surface area contributed by atoms with E-state index in [1.807, 2.05) is 6.07 Å². The van der Waals surface area contributed by atoms with Crippen molar-refractivity contribution in [3.05, 3.63) is 21.8 Å². The molecule has 0 aliphatic carbocycles. The summed E-state index contributed by atoms with van der Waals surface area (Å²) in [5.74, 6) is 0.992. The number of anilines is 1. The van der Waals surface area contributed by atoms with Crippen LogP contribution < -0.4 is 5.73 Å². The monoisotopic (exact) mass is 359 g/mol. The number of nitrogens with two attached hydrogens (primary N) is 1. The van der Waals surface area contributed by atoms with Crippen molar-refractivity contribution in [2.45, 2.75) is 19.9 Å². The number of ether oxygens (including phenoxy) is 1. The summed E-state index contributed by atoms with van der Waals surface area (Å²) >= 11 is 2.28. The van der Waals surface area contributed by atoms with Crippen LogP contribution in [0, 0.1) is 9.49 Å². The van der Waals surface area contributed by atoms with Crippen molar-refractivity contribution in [1.82, 2.24) is 9.55 Å². The van der Waals surface area contributed by atoms with Gasteiger partial charge in [0.05, 0.1) is 23.7 Å². The summed E-state index contributed by atoms with van der Waals surface area (Å²) in [5, 5.41) is 0. The lowest BCUT2D eigenvalue weighted by Crippen LogP contribution is -2.21. The van der Waals surface area contributed by atoms with Crippen LogP contribution in [0.15, 0.2) is 18.2 Å². The van der Waals surface area contributed by atoms with Gasteiger partial charge < -0.3 is 15.0 Å². The topological polar surface area (TPSA) is 53.1 Å². The van der Waals surface area contributed by atoms with Crippen LogP contribution in [0.25, 0.3) is 11.0 Å². The first kappa shape index (κ1) is 13.6. The van der Waals surface area contributed by atoms with Crippen molar-refractivity contribution in [2.75, 3.05) is 19.5 Å². The Morgan fingerprint density at radius 1 is 1.44 bits per heavy atom. The van der Waals surface area contributed by atoms with Gasteiger partial charge in [0.1, 0.15) is 0 Å². The van der Waals surface area contributed by atoms with Gasteiger partial charge in [-0.3, -0.25) is 0 Å². The maximum atomic E-state index is 6.07. The van der Waals surface area contributed by atoms with Gasteiger partial charge in [-0.15, -0.1) is 0 Å². The van der Waals surface area contributed by atoms with E-state index in [2.05, 4.69) is 58.1 Å². The molecule has 0 amide bonds. The van der Waals surface area contributed by atoms with E-state index in [-0.39, 0.29) is 6.04 Å². The molecule has 98 valence electrons. The third-order valence-corrected chi connectivity index (χ3v) is 3.79. The largest absolute Gasteiger partial charge is 0.383 e. The number of aromatic nitrogens is 2. The molecule has 0 saturated carbocycles. The molecule has 1 heterocycles. The highest BCUT2D eigenvalue weighted by Crippen LogP contribution is 2.28. The third kappa shape index (κ3) is 2.47. The Kier molecular flexibility index (Phi) is 4.11. The number of hydrogen-bond donors (Lipinski definition) is 1. The number of nitrogens with zero attached hydrogens (tertiary/aromatic N) is 2. The molecule has 0 saturated heterocycles. The number of halogens is 1. The molecule has 2 aromatic rings. The van der Waals surface area contributed by atoms with Gasteiger partial charge in [0.15, 0.2) is 0 Å². The average Bonchev–Trinajstić information content (AvgIpc) is 2.61. The first-order valence-corrected chi connectivity index (χ1v) is 7.04. The second-order valence-corrected chi connectivity index (χ2v) is 5.99. The molecule has 0 bridgehead atoms. The van der Waals surface area contributed by atoms with Crippen molar-refractivity contribution in [3.8, 4) is 0 Å². The summed E-state index contributed by atoms with van der Waals surface area (Å²) in [6.07, 6.45) is 0. The maximum Gasteiger partial charge on any atom is 0.201 e. The molecule has 5 heteroatoms. The molecule has 4 nitrogen and oxygen atoms in total. The van der Waals surface area contributed by atoms with E-state index in [0.29, 0.717) is 18.5 Å². The van der Waals surface area contributed by atoms with E-state index in [9.17, 15) is 0 Å². The summed E-state index contributed by atoms with van der Waals surface area (Å²) in [7, 11) is 1.72. The summed E-state index contributed by atoms with van der Waals surface area (Å²) in [5.41, 5.74) is 8.08. The van der Waals surface area contributed by atoms with Crippen LogP contribution in [0.2, 0.25) is 0 Å². The minimum absolute atomic E-state index is 0.208. The molecule has 0 radical (unpaired) electrons. The zero-order chi connectivity index (χ0) is 13.3. The normalized spacial score (nSPS) is 13.4. The van der Waals surface area contributed by atoms with E-state index in [1.54, 1.807) is 7.11 Å². The highest BCUT2D eigenvalue weighted by molar-refractivity contribution is 14.1. The van der Waals surface area contributed by atoms with Crippen LogP contribution in [0.3, 0.4) is 0 Å². The van der Waals surface area contributed by atoms with Crippen molar-refractivity contribution in [2.24, 2.45) is 5.92 Å². The summed E-state index contributed by atoms with van der Waals surface area (Å²) < 4.78 is 8.56. The van der Waals surface area contributed by atoms with Crippen molar-refractivity contribution < 1.29 is 4.74 Å². The Labute approximate surface area is 121 Å². The summed E-state index contributed by atoms with van der Waals surface area (Å²) in [6.45, 7) is 4.97. The summed E-state index contributed by atoms with van der Waals surface area (Å²) in [4.78, 5) is 4.44. The van der Waals surface area contributed by atoms with E-state index >= 15 is 0 Å². The Hall–Kier alpha value is -0.820. The van der Waals surface area contributed by atoms with E-state index in [0.717, 1.165) is 14.6 Å². The quantitative estimate of drug-likeness (QED) is 0.854. The number of imidazole rings is 1. The Balaban J connectivity index is 2.57. The molecule has 2 rings (SSSR count). The van der Waals surface area contributed by atoms with Gasteiger partial charge in [0, 0.05) is 10.7 Å². The van der Waals surface area contributed by atoms with Crippen LogP contribution in [-0.2, 0) is 4.74 Å². The number of hydrogen-bond acceptors (Lipinski definition) is 3. The number of benzene rings is 1. The molecule has 0 aliphatic rings. The average molecular weight is 359 g/mol. The minimum atomic E-state index is 0.208. The fourth-order valence-electron chi connectivity index (χ4n) is 2.17. The van der Waals surface area contributed by atoms with Gasteiger partial charge in [-0.2, -0.15) is 0 Å². The first-order chi connectivity index (χ1) is 8.54. The van der Waals surface area contributed by atoms with E-state index < -0.39 is 0 Å². The zero-order valence-electron chi connectivity index (χ0n) is 10.9. The Bertz CT molecular complexity index is 550. The second-order valence-electron chi connectivity index (χ2n) is 4.74. The van der Waals surface area contributed by atoms with Gasteiger partial charge >= 0.3 is 0 Å². The zero-order valence-corrected chi connectivity index (χ0v) is 13.0. The molecule has 18 heavy (non-hydrogen) atoms. The fraction of sp³-hybridized carbons (Fsp3) is 0.462. The standard InChI is InChI=1S/C13H18IN3O/c1-8(2)12(7-18-3)17-11-5-4-9(14)6-10(11)16-13(17)15/h4-6,8,12H,7H2,1-3H3,(H2,15,16). The molecule has 1 aromatic carbocycles. The molecule has 2 N–H and O–H groups in total. The molecule has 1 atom stereocenters. The third-order valence-electron chi connectivity index (χ3n) is 3.12. The predicted octanol–water partition coefficient (Wildman–Crippen LogP) is 3.07. The van der Waals surface area contributed by atoms with Crippen LogP contribution >= 0.6 is 22.6 Å². The smallest absolute Gasteiger partial charge is 0.201 e. The number of methoxy groups -OCH3 is 1. The molecule has 1 unspecified atom stereocenters. The van der Waals surface area contributed by atoms with Crippen LogP contribution in [0.1, 0.15) is 19.9 Å². The van der Waals surface area contributed by atoms with Crippen LogP contribution in [-0.4, -0.2) is 23.3 Å². The van der Waals surface area contributed by atoms with Crippen LogP contribution in [0.5, 0.6) is 0 Å². The lowest BCUT2D eigenvalue weighted by Gasteiger charge is -2.23. The molecular formula is C13H18IN3O. The van der Waals surface area contributed by atoms with E-state index in [1.165, 1.54) is 0 Å². The lowest BCUT2D eigenvalue weighted by molar-refractivity contribution is 0.136. The van der Waals surface area contributed by atoms with E-state index in [4.69, 9.17) is 10.5 Å². The molecule has 0 aliphatic heterocycles. The summed E-state index contributed by atoms with van der Waals surface area (Å²) in [6, 6.07) is 6.41. The van der Waals surface area contributed by atoms with Gasteiger partial charge in [-0.1, -0.05) is 13.8 Å². The molecule has 1 aromatic heterocycles. The fourth-order valence-corrected chi connectivity index (χ4v) is 2.65. The minimum Gasteiger partial charge on any atom is -0.383 e. The van der Waals surface area contributed by atoms with Crippen molar-refractivity contribution in [1.29, 1.82) is 0 Å². The number of nitrogen functional groups attached to an aromatic ring is 1. The van der Waals surface area contributed by atoms with Crippen LogP contribution in [0.4, 0.5) is 5.95 Å². The predicted molar refractivity (Wildman–Crippen MR) is 82.6 cm³/mol. The van der Waals surface area contributed by atoms with Gasteiger partial charge in [-0.25, -0.2) is 4.98 Å². The highest BCUT2D eigenvalue weighted by Gasteiger charge is 2.20. The SMILES string of the molecule is COCC(C(C)C)n1c(N)nc2cc(I)ccc21. The molecular weight excluding hydrogens is 341 g/mol. The Morgan fingerprint density at radius 2 is 2.17 bits per heavy atom. The molecule has 0 spiro atoms. The Morgan fingerprint density at radius 3 is 2.78 bits per heavy atom. The van der Waals surface area contributed by atoms with Gasteiger partial charge in [0.25, 0.3) is 0 Å². The van der Waals surface area contributed by atoms with Gasteiger partial charge in [-0.05, 0) is 46.7 Å². The van der Waals surface area contributed by atoms with Crippen molar-refractivity contribution in [3.63, 3.8) is 0 Å². The lowest BCUT2D eigenvalue weighted by atomic mass is 10.0.